The van der Waals surface area contributed by atoms with Crippen LogP contribution in [-0.4, -0.2) is 5.78 Å². The summed E-state index contributed by atoms with van der Waals surface area (Å²) in [7, 11) is 0. The van der Waals surface area contributed by atoms with Gasteiger partial charge < -0.3 is 5.73 Å². The van der Waals surface area contributed by atoms with Crippen molar-refractivity contribution in [3.8, 4) is 0 Å². The number of hydrogen-bond donors (Lipinski definition) is 1. The Labute approximate surface area is 98.6 Å². The normalized spacial score (nSPS) is 25.8. The molecule has 0 spiro atoms. The van der Waals surface area contributed by atoms with E-state index < -0.39 is 11.4 Å². The summed E-state index contributed by atoms with van der Waals surface area (Å²) in [4.78, 5) is 11.9. The van der Waals surface area contributed by atoms with Crippen LogP contribution in [0.3, 0.4) is 0 Å². The Morgan fingerprint density at radius 2 is 2.12 bits per heavy atom. The highest BCUT2D eigenvalue weighted by Crippen LogP contribution is 2.36. The highest BCUT2D eigenvalue weighted by Gasteiger charge is 2.39. The van der Waals surface area contributed by atoms with E-state index >= 15 is 0 Å². The first kappa shape index (κ1) is 11.6. The molecule has 1 aliphatic carbocycles. The number of halogens is 2. The minimum Gasteiger partial charge on any atom is -0.315 e. The molecule has 0 radical (unpaired) electrons. The second-order valence-corrected chi connectivity index (χ2v) is 4.58. The van der Waals surface area contributed by atoms with Crippen molar-refractivity contribution in [3.05, 3.63) is 34.6 Å². The highest BCUT2D eigenvalue weighted by atomic mass is 35.5. The molecule has 1 atom stereocenters. The second kappa shape index (κ2) is 4.15. The van der Waals surface area contributed by atoms with Gasteiger partial charge in [0, 0.05) is 12.0 Å². The standard InChI is InChI=1S/C12H13ClFNO/c13-11-8(4-3-5-9(11)14)12(15)7-2-1-6-10(12)16/h3-5H,1-2,6-7,15H2. The first-order valence-corrected chi connectivity index (χ1v) is 5.70. The molecule has 1 aromatic rings. The Hall–Kier alpha value is -0.930. The molecule has 1 saturated carbocycles. The topological polar surface area (TPSA) is 43.1 Å². The molecule has 0 bridgehead atoms. The van der Waals surface area contributed by atoms with Gasteiger partial charge in [-0.2, -0.15) is 0 Å². The molecular weight excluding hydrogens is 229 g/mol. The number of nitrogens with two attached hydrogens (primary N) is 1. The molecule has 1 unspecified atom stereocenters. The molecule has 2 N–H and O–H groups in total. The number of carbonyl (C=O) groups excluding carboxylic acids is 1. The summed E-state index contributed by atoms with van der Waals surface area (Å²) >= 11 is 5.87. The third-order valence-corrected chi connectivity index (χ3v) is 3.54. The van der Waals surface area contributed by atoms with Crippen LogP contribution >= 0.6 is 11.6 Å². The average Bonchev–Trinajstić information content (AvgIpc) is 2.26. The van der Waals surface area contributed by atoms with E-state index in [1.165, 1.54) is 12.1 Å². The lowest BCUT2D eigenvalue weighted by Gasteiger charge is -2.32. The molecule has 16 heavy (non-hydrogen) atoms. The first-order valence-electron chi connectivity index (χ1n) is 5.32. The van der Waals surface area contributed by atoms with Crippen LogP contribution < -0.4 is 5.73 Å². The van der Waals surface area contributed by atoms with Crippen molar-refractivity contribution in [2.75, 3.05) is 0 Å². The molecule has 4 heteroatoms. The zero-order chi connectivity index (χ0) is 11.8. The van der Waals surface area contributed by atoms with Gasteiger partial charge in [0.2, 0.25) is 0 Å². The molecule has 86 valence electrons. The van der Waals surface area contributed by atoms with Crippen LogP contribution in [0.2, 0.25) is 5.02 Å². The minimum absolute atomic E-state index is 0.0275. The van der Waals surface area contributed by atoms with Crippen molar-refractivity contribution >= 4 is 17.4 Å². The summed E-state index contributed by atoms with van der Waals surface area (Å²) in [5, 5.41) is -0.0275. The maximum atomic E-state index is 13.3. The summed E-state index contributed by atoms with van der Waals surface area (Å²) < 4.78 is 13.3. The molecule has 1 aliphatic rings. The third-order valence-electron chi connectivity index (χ3n) is 3.15. The zero-order valence-corrected chi connectivity index (χ0v) is 9.56. The maximum absolute atomic E-state index is 13.3. The monoisotopic (exact) mass is 241 g/mol. The van der Waals surface area contributed by atoms with Crippen LogP contribution in [-0.2, 0) is 10.3 Å². The Morgan fingerprint density at radius 3 is 2.81 bits per heavy atom. The van der Waals surface area contributed by atoms with Gasteiger partial charge in [-0.05, 0) is 18.9 Å². The Morgan fingerprint density at radius 1 is 1.38 bits per heavy atom. The van der Waals surface area contributed by atoms with Crippen LogP contribution in [0.1, 0.15) is 31.2 Å². The van der Waals surface area contributed by atoms with Crippen LogP contribution in [0, 0.1) is 5.82 Å². The van der Waals surface area contributed by atoms with Crippen LogP contribution in [0.5, 0.6) is 0 Å². The van der Waals surface area contributed by atoms with Gasteiger partial charge in [-0.1, -0.05) is 30.2 Å². The van der Waals surface area contributed by atoms with Gasteiger partial charge in [-0.3, -0.25) is 4.79 Å². The fraction of sp³-hybridized carbons (Fsp3) is 0.417. The summed E-state index contributed by atoms with van der Waals surface area (Å²) in [6, 6.07) is 4.43. The van der Waals surface area contributed by atoms with Gasteiger partial charge >= 0.3 is 0 Å². The summed E-state index contributed by atoms with van der Waals surface area (Å²) in [6.45, 7) is 0. The molecule has 2 nitrogen and oxygen atoms in total. The van der Waals surface area contributed by atoms with E-state index in [4.69, 9.17) is 17.3 Å². The summed E-state index contributed by atoms with van der Waals surface area (Å²) in [5.74, 6) is -0.575. The minimum atomic E-state index is -1.10. The van der Waals surface area contributed by atoms with Crippen molar-refractivity contribution in [1.29, 1.82) is 0 Å². The Bertz CT molecular complexity index is 435. The van der Waals surface area contributed by atoms with Gasteiger partial charge in [-0.15, -0.1) is 0 Å². The Balaban J connectivity index is 2.49. The van der Waals surface area contributed by atoms with Gasteiger partial charge in [-0.25, -0.2) is 4.39 Å². The number of carbonyl (C=O) groups is 1. The van der Waals surface area contributed by atoms with E-state index in [1.54, 1.807) is 6.07 Å². The van der Waals surface area contributed by atoms with E-state index in [9.17, 15) is 9.18 Å². The lowest BCUT2D eigenvalue weighted by atomic mass is 9.76. The van der Waals surface area contributed by atoms with Crippen LogP contribution in [0.4, 0.5) is 4.39 Å². The Kier molecular flexibility index (Phi) is 3.00. The van der Waals surface area contributed by atoms with Crippen LogP contribution in [0.25, 0.3) is 0 Å². The van der Waals surface area contributed by atoms with E-state index in [-0.39, 0.29) is 10.8 Å². The number of hydrogen-bond acceptors (Lipinski definition) is 2. The molecule has 0 aliphatic heterocycles. The van der Waals surface area contributed by atoms with Crippen molar-refractivity contribution in [3.63, 3.8) is 0 Å². The fourth-order valence-corrected chi connectivity index (χ4v) is 2.48. The quantitative estimate of drug-likeness (QED) is 0.822. The lowest BCUT2D eigenvalue weighted by Crippen LogP contribution is -2.47. The zero-order valence-electron chi connectivity index (χ0n) is 8.80. The van der Waals surface area contributed by atoms with Crippen molar-refractivity contribution in [1.82, 2.24) is 0 Å². The molecule has 1 aromatic carbocycles. The molecule has 0 aromatic heterocycles. The van der Waals surface area contributed by atoms with E-state index in [0.717, 1.165) is 12.8 Å². The number of benzene rings is 1. The summed E-state index contributed by atoms with van der Waals surface area (Å²) in [6.07, 6.45) is 2.71. The number of ketones is 1. The van der Waals surface area contributed by atoms with Crippen molar-refractivity contribution in [2.24, 2.45) is 5.73 Å². The van der Waals surface area contributed by atoms with Crippen LogP contribution in [0.15, 0.2) is 18.2 Å². The average molecular weight is 242 g/mol. The van der Waals surface area contributed by atoms with Crippen molar-refractivity contribution in [2.45, 2.75) is 31.2 Å². The van der Waals surface area contributed by atoms with Gasteiger partial charge in [0.15, 0.2) is 5.78 Å². The second-order valence-electron chi connectivity index (χ2n) is 4.20. The number of rotatable bonds is 1. The molecule has 0 amide bonds. The predicted molar refractivity (Wildman–Crippen MR) is 60.8 cm³/mol. The highest BCUT2D eigenvalue weighted by molar-refractivity contribution is 6.32. The number of Topliss-reactive ketones (excluding diaryl/α,β-unsaturated/α-hetero) is 1. The van der Waals surface area contributed by atoms with E-state index in [2.05, 4.69) is 0 Å². The molecule has 1 fully saturated rings. The van der Waals surface area contributed by atoms with Gasteiger partial charge in [0.05, 0.1) is 5.02 Å². The van der Waals surface area contributed by atoms with Gasteiger partial charge in [0.1, 0.15) is 11.4 Å². The lowest BCUT2D eigenvalue weighted by molar-refractivity contribution is -0.126. The molecule has 0 heterocycles. The maximum Gasteiger partial charge on any atom is 0.157 e. The fourth-order valence-electron chi connectivity index (χ4n) is 2.19. The smallest absolute Gasteiger partial charge is 0.157 e. The van der Waals surface area contributed by atoms with E-state index in [0.29, 0.717) is 18.4 Å². The van der Waals surface area contributed by atoms with Gasteiger partial charge in [0.25, 0.3) is 0 Å². The van der Waals surface area contributed by atoms with E-state index in [1.807, 2.05) is 0 Å². The SMILES string of the molecule is NC1(c2cccc(F)c2Cl)CCCCC1=O. The molecular formula is C12H13ClFNO. The molecule has 2 rings (SSSR count). The molecule has 0 saturated heterocycles. The largest absolute Gasteiger partial charge is 0.315 e. The van der Waals surface area contributed by atoms with Crippen molar-refractivity contribution < 1.29 is 9.18 Å². The summed E-state index contributed by atoms with van der Waals surface area (Å²) in [5.41, 5.74) is 5.41. The first-order chi connectivity index (χ1) is 7.55. The predicted octanol–water partition coefficient (Wildman–Crippen LogP) is 2.78. The third kappa shape index (κ3) is 1.74.